The average molecular weight is 245 g/mol. The second-order valence-corrected chi connectivity index (χ2v) is 3.95. The van der Waals surface area contributed by atoms with Crippen LogP contribution in [-0.2, 0) is 0 Å². The molecule has 0 aliphatic rings. The number of rotatable bonds is 5. The molecule has 0 spiro atoms. The highest BCUT2D eigenvalue weighted by molar-refractivity contribution is 6.17. The van der Waals surface area contributed by atoms with Crippen molar-refractivity contribution in [2.75, 3.05) is 5.88 Å². The van der Waals surface area contributed by atoms with Gasteiger partial charge in [0.1, 0.15) is 11.5 Å². The number of carbonyl (C=O) groups excluding carboxylic acids is 1. The molecule has 1 unspecified atom stereocenters. The molecule has 0 aliphatic heterocycles. The molecule has 3 nitrogen and oxygen atoms in total. The summed E-state index contributed by atoms with van der Waals surface area (Å²) >= 11 is 5.55. The van der Waals surface area contributed by atoms with Crippen LogP contribution in [-0.4, -0.2) is 22.8 Å². The van der Waals surface area contributed by atoms with E-state index in [0.717, 1.165) is 19.0 Å². The molecule has 0 radical (unpaired) electrons. The van der Waals surface area contributed by atoms with Crippen molar-refractivity contribution in [3.8, 4) is 0 Å². The molecular weight excluding hydrogens is 231 g/mol. The molecule has 1 amide bonds. The van der Waals surface area contributed by atoms with Crippen molar-refractivity contribution in [1.29, 1.82) is 0 Å². The Balaban J connectivity index is 2.48. The van der Waals surface area contributed by atoms with E-state index in [0.29, 0.717) is 5.88 Å². The van der Waals surface area contributed by atoms with E-state index in [-0.39, 0.29) is 17.6 Å². The largest absolute Gasteiger partial charge is 0.348 e. The minimum Gasteiger partial charge on any atom is -0.348 e. The molecule has 1 aromatic heterocycles. The molecule has 5 heteroatoms. The topological polar surface area (TPSA) is 42.0 Å². The van der Waals surface area contributed by atoms with E-state index in [1.54, 1.807) is 0 Å². The predicted molar refractivity (Wildman–Crippen MR) is 61.1 cm³/mol. The van der Waals surface area contributed by atoms with Crippen LogP contribution in [0, 0.1) is 5.82 Å². The number of nitrogens with one attached hydrogen (secondary N) is 1. The Labute approximate surface area is 99.0 Å². The van der Waals surface area contributed by atoms with E-state index in [4.69, 9.17) is 11.6 Å². The van der Waals surface area contributed by atoms with Crippen molar-refractivity contribution >= 4 is 17.5 Å². The predicted octanol–water partition coefficient (Wildman–Crippen LogP) is 2.36. The van der Waals surface area contributed by atoms with E-state index in [9.17, 15) is 9.18 Å². The van der Waals surface area contributed by atoms with Crippen LogP contribution < -0.4 is 5.32 Å². The van der Waals surface area contributed by atoms with Gasteiger partial charge in [-0.25, -0.2) is 9.37 Å². The number of carbonyl (C=O) groups is 1. The molecule has 0 saturated carbocycles. The fourth-order valence-electron chi connectivity index (χ4n) is 1.26. The molecule has 1 atom stereocenters. The second-order valence-electron chi connectivity index (χ2n) is 3.57. The van der Waals surface area contributed by atoms with Crippen LogP contribution >= 0.6 is 11.6 Å². The molecule has 1 rings (SSSR count). The van der Waals surface area contributed by atoms with E-state index in [2.05, 4.69) is 10.3 Å². The molecule has 0 aliphatic carbocycles. The van der Waals surface area contributed by atoms with Gasteiger partial charge < -0.3 is 5.32 Å². The lowest BCUT2D eigenvalue weighted by atomic mass is 10.2. The molecule has 0 fully saturated rings. The van der Waals surface area contributed by atoms with Crippen molar-refractivity contribution in [2.45, 2.75) is 25.8 Å². The standard InChI is InChI=1S/C11H14ClFN2O/c1-8(3-2-6-12)15-11(16)10-5-4-9(13)7-14-10/h4-5,7-8H,2-3,6H2,1H3,(H,15,16). The molecular formula is C11H14ClFN2O. The van der Waals surface area contributed by atoms with Crippen molar-refractivity contribution in [3.05, 3.63) is 29.8 Å². The first-order valence-electron chi connectivity index (χ1n) is 5.12. The number of amides is 1. The molecule has 0 bridgehead atoms. The Morgan fingerprint density at radius 1 is 1.62 bits per heavy atom. The van der Waals surface area contributed by atoms with Gasteiger partial charge in [0, 0.05) is 11.9 Å². The van der Waals surface area contributed by atoms with Gasteiger partial charge in [0.15, 0.2) is 0 Å². The Bertz CT molecular complexity index is 342. The van der Waals surface area contributed by atoms with Crippen molar-refractivity contribution < 1.29 is 9.18 Å². The lowest BCUT2D eigenvalue weighted by molar-refractivity contribution is 0.0933. The molecule has 1 aromatic rings. The van der Waals surface area contributed by atoms with Gasteiger partial charge in [0.25, 0.3) is 5.91 Å². The van der Waals surface area contributed by atoms with Gasteiger partial charge in [0.2, 0.25) is 0 Å². The third-order valence-electron chi connectivity index (χ3n) is 2.11. The van der Waals surface area contributed by atoms with Crippen LogP contribution in [0.3, 0.4) is 0 Å². The summed E-state index contributed by atoms with van der Waals surface area (Å²) in [6, 6.07) is 2.61. The summed E-state index contributed by atoms with van der Waals surface area (Å²) in [6.07, 6.45) is 2.69. The van der Waals surface area contributed by atoms with E-state index < -0.39 is 5.82 Å². The first-order chi connectivity index (χ1) is 7.63. The van der Waals surface area contributed by atoms with Crippen LogP contribution in [0.5, 0.6) is 0 Å². The lowest BCUT2D eigenvalue weighted by Gasteiger charge is -2.12. The zero-order valence-corrected chi connectivity index (χ0v) is 9.80. The SMILES string of the molecule is CC(CCCCl)NC(=O)c1ccc(F)cn1. The van der Waals surface area contributed by atoms with Crippen molar-refractivity contribution in [2.24, 2.45) is 0 Å². The number of aromatic nitrogens is 1. The average Bonchev–Trinajstić information content (AvgIpc) is 2.27. The third-order valence-corrected chi connectivity index (χ3v) is 2.38. The molecule has 1 heterocycles. The summed E-state index contributed by atoms with van der Waals surface area (Å²) in [5.74, 6) is -0.163. The van der Waals surface area contributed by atoms with Gasteiger partial charge in [-0.3, -0.25) is 4.79 Å². The zero-order chi connectivity index (χ0) is 12.0. The Morgan fingerprint density at radius 3 is 2.94 bits per heavy atom. The van der Waals surface area contributed by atoms with E-state index in [1.165, 1.54) is 12.1 Å². The van der Waals surface area contributed by atoms with Crippen LogP contribution in [0.15, 0.2) is 18.3 Å². The summed E-state index contributed by atoms with van der Waals surface area (Å²) < 4.78 is 12.6. The molecule has 16 heavy (non-hydrogen) atoms. The summed E-state index contributed by atoms with van der Waals surface area (Å²) in [5, 5.41) is 2.77. The van der Waals surface area contributed by atoms with Gasteiger partial charge >= 0.3 is 0 Å². The Morgan fingerprint density at radius 2 is 2.38 bits per heavy atom. The smallest absolute Gasteiger partial charge is 0.270 e. The fraction of sp³-hybridized carbons (Fsp3) is 0.455. The number of pyridine rings is 1. The van der Waals surface area contributed by atoms with E-state index in [1.807, 2.05) is 6.92 Å². The van der Waals surface area contributed by atoms with Crippen molar-refractivity contribution in [1.82, 2.24) is 10.3 Å². The molecule has 1 N–H and O–H groups in total. The summed E-state index contributed by atoms with van der Waals surface area (Å²) in [7, 11) is 0. The highest BCUT2D eigenvalue weighted by Crippen LogP contribution is 2.01. The Hall–Kier alpha value is -1.16. The van der Waals surface area contributed by atoms with Gasteiger partial charge in [-0.2, -0.15) is 0 Å². The van der Waals surface area contributed by atoms with Gasteiger partial charge in [-0.05, 0) is 31.9 Å². The quantitative estimate of drug-likeness (QED) is 0.808. The minimum atomic E-state index is -0.452. The minimum absolute atomic E-state index is 0.0399. The maximum Gasteiger partial charge on any atom is 0.270 e. The number of nitrogens with zero attached hydrogens (tertiary/aromatic N) is 1. The van der Waals surface area contributed by atoms with Crippen LogP contribution in [0.2, 0.25) is 0 Å². The zero-order valence-electron chi connectivity index (χ0n) is 9.04. The normalized spacial score (nSPS) is 12.2. The van der Waals surface area contributed by atoms with Crippen LogP contribution in [0.25, 0.3) is 0 Å². The molecule has 0 saturated heterocycles. The molecule has 88 valence electrons. The fourth-order valence-corrected chi connectivity index (χ4v) is 1.42. The number of halogens is 2. The van der Waals surface area contributed by atoms with Gasteiger partial charge in [-0.1, -0.05) is 0 Å². The highest BCUT2D eigenvalue weighted by Gasteiger charge is 2.10. The highest BCUT2D eigenvalue weighted by atomic mass is 35.5. The maximum absolute atomic E-state index is 12.6. The monoisotopic (exact) mass is 244 g/mol. The number of hydrogen-bond donors (Lipinski definition) is 1. The first-order valence-corrected chi connectivity index (χ1v) is 5.65. The molecule has 0 aromatic carbocycles. The van der Waals surface area contributed by atoms with Gasteiger partial charge in [-0.15, -0.1) is 11.6 Å². The van der Waals surface area contributed by atoms with Crippen LogP contribution in [0.4, 0.5) is 4.39 Å². The van der Waals surface area contributed by atoms with Gasteiger partial charge in [0.05, 0.1) is 6.20 Å². The van der Waals surface area contributed by atoms with Crippen LogP contribution in [0.1, 0.15) is 30.3 Å². The number of hydrogen-bond acceptors (Lipinski definition) is 2. The Kier molecular flexibility index (Phi) is 5.19. The second kappa shape index (κ2) is 6.43. The summed E-state index contributed by atoms with van der Waals surface area (Å²) in [6.45, 7) is 1.90. The van der Waals surface area contributed by atoms with Crippen molar-refractivity contribution in [3.63, 3.8) is 0 Å². The first kappa shape index (κ1) is 12.9. The third kappa shape index (κ3) is 4.14. The summed E-state index contributed by atoms with van der Waals surface area (Å²) in [5.41, 5.74) is 0.221. The van der Waals surface area contributed by atoms with E-state index >= 15 is 0 Å². The maximum atomic E-state index is 12.6. The lowest BCUT2D eigenvalue weighted by Crippen LogP contribution is -2.33. The number of alkyl halides is 1. The summed E-state index contributed by atoms with van der Waals surface area (Å²) in [4.78, 5) is 15.3.